The van der Waals surface area contributed by atoms with Crippen molar-refractivity contribution in [3.63, 3.8) is 0 Å². The average molecular weight is 186 g/mol. The summed E-state index contributed by atoms with van der Waals surface area (Å²) < 4.78 is 0. The Morgan fingerprint density at radius 2 is 1.83 bits per heavy atom. The summed E-state index contributed by atoms with van der Waals surface area (Å²) in [5.41, 5.74) is -0.190. The van der Waals surface area contributed by atoms with Crippen LogP contribution >= 0.6 is 12.6 Å². The van der Waals surface area contributed by atoms with Crippen LogP contribution in [0.3, 0.4) is 0 Å². The number of thiol groups is 1. The van der Waals surface area contributed by atoms with Gasteiger partial charge in [0.2, 0.25) is 0 Å². The van der Waals surface area contributed by atoms with Crippen LogP contribution in [0.5, 0.6) is 0 Å². The lowest BCUT2D eigenvalue weighted by Crippen LogP contribution is -2.65. The number of hydrogen-bond acceptors (Lipinski definition) is 2. The first-order chi connectivity index (χ1) is 5.37. The average Bonchev–Trinajstić information content (AvgIpc) is 1.93. The van der Waals surface area contributed by atoms with Gasteiger partial charge in [-0.25, -0.2) is 0 Å². The minimum atomic E-state index is -0.540. The van der Waals surface area contributed by atoms with E-state index in [0.29, 0.717) is 11.3 Å². The summed E-state index contributed by atoms with van der Waals surface area (Å²) in [5, 5.41) is 10.4. The van der Waals surface area contributed by atoms with Crippen molar-refractivity contribution < 1.29 is 5.11 Å². The van der Waals surface area contributed by atoms with Crippen LogP contribution < -0.4 is 0 Å². The highest BCUT2D eigenvalue weighted by Crippen LogP contribution is 2.63. The van der Waals surface area contributed by atoms with Crippen LogP contribution in [0.15, 0.2) is 0 Å². The van der Waals surface area contributed by atoms with Gasteiger partial charge in [-0.3, -0.25) is 0 Å². The number of fused-ring (bicyclic) bond motifs is 2. The van der Waals surface area contributed by atoms with Crippen molar-refractivity contribution in [3.8, 4) is 0 Å². The Morgan fingerprint density at radius 1 is 1.25 bits per heavy atom. The van der Waals surface area contributed by atoms with Crippen molar-refractivity contribution in [2.75, 3.05) is 0 Å². The predicted molar refractivity (Wildman–Crippen MR) is 53.4 cm³/mol. The van der Waals surface area contributed by atoms with Gasteiger partial charge in [0, 0.05) is 5.25 Å². The minimum absolute atomic E-state index is 0.189. The molecule has 0 aliphatic heterocycles. The Hall–Kier alpha value is 0.310. The maximum absolute atomic E-state index is 10.2. The van der Waals surface area contributed by atoms with Gasteiger partial charge in [0.25, 0.3) is 0 Å². The molecule has 0 aromatic rings. The molecule has 3 saturated carbocycles. The summed E-state index contributed by atoms with van der Waals surface area (Å²) in [6, 6.07) is 0. The second-order valence-corrected chi connectivity index (χ2v) is 5.91. The maximum Gasteiger partial charge on any atom is 0.0768 e. The highest BCUT2D eigenvalue weighted by atomic mass is 32.1. The van der Waals surface area contributed by atoms with Gasteiger partial charge in [-0.15, -0.1) is 0 Å². The quantitative estimate of drug-likeness (QED) is 0.555. The molecule has 0 spiro atoms. The number of aliphatic hydroxyl groups is 1. The van der Waals surface area contributed by atoms with Crippen LogP contribution in [0.4, 0.5) is 0 Å². The molecule has 3 fully saturated rings. The zero-order valence-corrected chi connectivity index (χ0v) is 8.94. The molecule has 3 aliphatic carbocycles. The highest BCUT2D eigenvalue weighted by molar-refractivity contribution is 7.81. The first kappa shape index (κ1) is 8.89. The van der Waals surface area contributed by atoms with Gasteiger partial charge in [-0.1, -0.05) is 13.8 Å². The second kappa shape index (κ2) is 2.21. The summed E-state index contributed by atoms with van der Waals surface area (Å²) >= 11 is 4.46. The lowest BCUT2D eigenvalue weighted by Gasteiger charge is -2.64. The zero-order chi connectivity index (χ0) is 9.15. The molecule has 0 aromatic heterocycles. The summed E-state index contributed by atoms with van der Waals surface area (Å²) in [6.07, 6.45) is 2.29. The standard InChI is InChI=1S/C10H18OS/c1-9(2)6-4-7(9)10(3,11)8(12)5-6/h6-8,11-12H,4-5H2,1-3H3/t6-,7-,8+,10-/m1/s1. The molecule has 0 amide bonds. The second-order valence-electron chi connectivity index (χ2n) is 5.28. The molecule has 2 heteroatoms. The first-order valence-corrected chi connectivity index (χ1v) is 5.29. The summed E-state index contributed by atoms with van der Waals surface area (Å²) in [6.45, 7) is 6.51. The van der Waals surface area contributed by atoms with E-state index in [4.69, 9.17) is 0 Å². The van der Waals surface area contributed by atoms with Crippen molar-refractivity contribution in [2.45, 2.75) is 44.5 Å². The monoisotopic (exact) mass is 186 g/mol. The number of hydrogen-bond donors (Lipinski definition) is 2. The summed E-state index contributed by atoms with van der Waals surface area (Å²) in [7, 11) is 0. The fourth-order valence-corrected chi connectivity index (χ4v) is 3.58. The van der Waals surface area contributed by atoms with Crippen LogP contribution in [-0.4, -0.2) is 16.0 Å². The SMILES string of the molecule is CC1(C)[C@@H]2C[C@H]1[C@@](C)(O)[C@@H](S)C2. The molecule has 2 bridgehead atoms. The maximum atomic E-state index is 10.2. The third-order valence-electron chi connectivity index (χ3n) is 4.36. The zero-order valence-electron chi connectivity index (χ0n) is 8.04. The Bertz CT molecular complexity index is 210. The Balaban J connectivity index is 2.27. The Kier molecular flexibility index (Phi) is 1.64. The first-order valence-electron chi connectivity index (χ1n) is 4.77. The number of rotatable bonds is 0. The third kappa shape index (κ3) is 0.856. The Morgan fingerprint density at radius 3 is 2.17 bits per heavy atom. The molecule has 0 aromatic carbocycles. The van der Waals surface area contributed by atoms with Gasteiger partial charge in [0.05, 0.1) is 5.60 Å². The molecule has 0 radical (unpaired) electrons. The molecule has 1 N–H and O–H groups in total. The van der Waals surface area contributed by atoms with E-state index in [0.717, 1.165) is 12.3 Å². The van der Waals surface area contributed by atoms with Crippen molar-refractivity contribution >= 4 is 12.6 Å². The van der Waals surface area contributed by atoms with E-state index >= 15 is 0 Å². The van der Waals surface area contributed by atoms with E-state index in [1.807, 2.05) is 6.92 Å². The lowest BCUT2D eigenvalue weighted by atomic mass is 9.44. The molecule has 0 heterocycles. The molecular weight excluding hydrogens is 168 g/mol. The molecule has 3 rings (SSSR count). The summed E-state index contributed by atoms with van der Waals surface area (Å²) in [5.74, 6) is 1.26. The smallest absolute Gasteiger partial charge is 0.0768 e. The normalized spacial score (nSPS) is 56.2. The van der Waals surface area contributed by atoms with E-state index in [-0.39, 0.29) is 5.25 Å². The molecule has 3 aliphatic rings. The fraction of sp³-hybridized carbons (Fsp3) is 1.00. The van der Waals surface area contributed by atoms with E-state index in [2.05, 4.69) is 26.5 Å². The molecule has 0 saturated heterocycles. The van der Waals surface area contributed by atoms with E-state index in [1.54, 1.807) is 0 Å². The van der Waals surface area contributed by atoms with Crippen LogP contribution in [0.2, 0.25) is 0 Å². The molecule has 4 atom stereocenters. The van der Waals surface area contributed by atoms with Gasteiger partial charge >= 0.3 is 0 Å². The topological polar surface area (TPSA) is 20.2 Å². The van der Waals surface area contributed by atoms with Crippen molar-refractivity contribution in [2.24, 2.45) is 17.3 Å². The van der Waals surface area contributed by atoms with Crippen LogP contribution in [0.1, 0.15) is 33.6 Å². The summed E-state index contributed by atoms with van der Waals surface area (Å²) in [4.78, 5) is 0. The highest BCUT2D eigenvalue weighted by Gasteiger charge is 2.61. The molecule has 0 unspecified atom stereocenters. The van der Waals surface area contributed by atoms with E-state index in [1.165, 1.54) is 6.42 Å². The van der Waals surface area contributed by atoms with Gasteiger partial charge in [0.1, 0.15) is 0 Å². The van der Waals surface area contributed by atoms with Crippen molar-refractivity contribution in [1.82, 2.24) is 0 Å². The van der Waals surface area contributed by atoms with Crippen LogP contribution in [0.25, 0.3) is 0 Å². The van der Waals surface area contributed by atoms with Crippen molar-refractivity contribution in [3.05, 3.63) is 0 Å². The molecule has 12 heavy (non-hydrogen) atoms. The Labute approximate surface area is 80.0 Å². The van der Waals surface area contributed by atoms with E-state index < -0.39 is 5.60 Å². The fourth-order valence-electron chi connectivity index (χ4n) is 3.15. The largest absolute Gasteiger partial charge is 0.389 e. The van der Waals surface area contributed by atoms with Gasteiger partial charge in [-0.05, 0) is 37.0 Å². The lowest BCUT2D eigenvalue weighted by molar-refractivity contribution is -0.187. The van der Waals surface area contributed by atoms with Crippen LogP contribution in [0, 0.1) is 17.3 Å². The molecule has 70 valence electrons. The minimum Gasteiger partial charge on any atom is -0.389 e. The van der Waals surface area contributed by atoms with Gasteiger partial charge < -0.3 is 5.11 Å². The van der Waals surface area contributed by atoms with Gasteiger partial charge in [0.15, 0.2) is 0 Å². The van der Waals surface area contributed by atoms with Crippen molar-refractivity contribution in [1.29, 1.82) is 0 Å². The molecular formula is C10H18OS. The van der Waals surface area contributed by atoms with E-state index in [9.17, 15) is 5.11 Å². The molecule has 1 nitrogen and oxygen atoms in total. The third-order valence-corrected chi connectivity index (χ3v) is 5.09. The predicted octanol–water partition coefficient (Wildman–Crippen LogP) is 2.10. The van der Waals surface area contributed by atoms with Gasteiger partial charge in [-0.2, -0.15) is 12.6 Å². The van der Waals surface area contributed by atoms with Crippen LogP contribution in [-0.2, 0) is 0 Å².